The minimum absolute atomic E-state index is 0.0571. The molecular formula is C16H26N4O4. The van der Waals surface area contributed by atoms with Gasteiger partial charge in [0.25, 0.3) is 0 Å². The Labute approximate surface area is 142 Å². The molecular weight excluding hydrogens is 312 g/mol. The molecule has 0 aliphatic carbocycles. The molecule has 134 valence electrons. The van der Waals surface area contributed by atoms with E-state index in [4.69, 9.17) is 9.84 Å². The topological polar surface area (TPSA) is 87.9 Å². The number of rotatable bonds is 4. The Bertz CT molecular complexity index is 567. The lowest BCUT2D eigenvalue weighted by Crippen LogP contribution is -2.61. The van der Waals surface area contributed by atoms with Gasteiger partial charge in [-0.05, 0) is 33.8 Å². The summed E-state index contributed by atoms with van der Waals surface area (Å²) in [6.45, 7) is 8.75. The highest BCUT2D eigenvalue weighted by atomic mass is 16.6. The first-order valence-electron chi connectivity index (χ1n) is 8.08. The number of amides is 1. The number of hydrogen-bond acceptors (Lipinski definition) is 5. The Morgan fingerprint density at radius 3 is 2.58 bits per heavy atom. The van der Waals surface area contributed by atoms with Crippen LogP contribution in [0.3, 0.4) is 0 Å². The lowest BCUT2D eigenvalue weighted by Gasteiger charge is -2.44. The average molecular weight is 338 g/mol. The van der Waals surface area contributed by atoms with Crippen LogP contribution < -0.4 is 0 Å². The number of carbonyl (C=O) groups is 2. The number of aliphatic carboxylic acids is 1. The second-order valence-electron chi connectivity index (χ2n) is 7.19. The Morgan fingerprint density at radius 2 is 2.04 bits per heavy atom. The van der Waals surface area contributed by atoms with Gasteiger partial charge in [0.2, 0.25) is 0 Å². The third-order valence-electron chi connectivity index (χ3n) is 3.88. The first-order valence-corrected chi connectivity index (χ1v) is 8.08. The van der Waals surface area contributed by atoms with E-state index in [1.807, 2.05) is 44.9 Å². The maximum Gasteiger partial charge on any atom is 0.410 e. The van der Waals surface area contributed by atoms with E-state index in [2.05, 4.69) is 5.10 Å². The van der Waals surface area contributed by atoms with Gasteiger partial charge in [0.05, 0.1) is 13.1 Å². The molecule has 8 heteroatoms. The van der Waals surface area contributed by atoms with Crippen molar-refractivity contribution in [2.45, 2.75) is 51.9 Å². The van der Waals surface area contributed by atoms with Crippen molar-refractivity contribution >= 4 is 12.1 Å². The second-order valence-corrected chi connectivity index (χ2v) is 7.19. The zero-order valence-electron chi connectivity index (χ0n) is 14.7. The fourth-order valence-electron chi connectivity index (χ4n) is 2.85. The monoisotopic (exact) mass is 338 g/mol. The molecule has 0 bridgehead atoms. The highest BCUT2D eigenvalue weighted by molar-refractivity contribution is 5.70. The van der Waals surface area contributed by atoms with E-state index in [9.17, 15) is 9.59 Å². The van der Waals surface area contributed by atoms with Crippen molar-refractivity contribution in [3.8, 4) is 0 Å². The molecule has 2 heterocycles. The van der Waals surface area contributed by atoms with Crippen LogP contribution in [0.2, 0.25) is 0 Å². The van der Waals surface area contributed by atoms with E-state index < -0.39 is 11.6 Å². The maximum atomic E-state index is 12.4. The van der Waals surface area contributed by atoms with Crippen LogP contribution in [0.1, 0.15) is 27.7 Å². The van der Waals surface area contributed by atoms with E-state index >= 15 is 0 Å². The van der Waals surface area contributed by atoms with Crippen molar-refractivity contribution in [3.63, 3.8) is 0 Å². The molecule has 2 unspecified atom stereocenters. The second kappa shape index (κ2) is 7.21. The van der Waals surface area contributed by atoms with Gasteiger partial charge in [-0.1, -0.05) is 0 Å². The van der Waals surface area contributed by atoms with Crippen LogP contribution in [0.5, 0.6) is 0 Å². The van der Waals surface area contributed by atoms with Gasteiger partial charge in [0.15, 0.2) is 0 Å². The third kappa shape index (κ3) is 4.95. The van der Waals surface area contributed by atoms with Crippen LogP contribution in [0.25, 0.3) is 0 Å². The van der Waals surface area contributed by atoms with Crippen LogP contribution >= 0.6 is 0 Å². The summed E-state index contributed by atoms with van der Waals surface area (Å²) in [4.78, 5) is 27.2. The highest BCUT2D eigenvalue weighted by Gasteiger charge is 2.37. The van der Waals surface area contributed by atoms with E-state index in [1.54, 1.807) is 15.8 Å². The summed E-state index contributed by atoms with van der Waals surface area (Å²) in [6, 6.07) is 1.57. The Morgan fingerprint density at radius 1 is 1.33 bits per heavy atom. The van der Waals surface area contributed by atoms with Crippen LogP contribution in [0.15, 0.2) is 18.5 Å². The van der Waals surface area contributed by atoms with E-state index in [1.165, 1.54) is 0 Å². The molecule has 1 N–H and O–H groups in total. The number of piperazine rings is 1. The lowest BCUT2D eigenvalue weighted by molar-refractivity contribution is -0.140. The van der Waals surface area contributed by atoms with Gasteiger partial charge < -0.3 is 14.7 Å². The van der Waals surface area contributed by atoms with Crippen molar-refractivity contribution in [2.24, 2.45) is 0 Å². The molecule has 8 nitrogen and oxygen atoms in total. The predicted octanol–water partition coefficient (Wildman–Crippen LogP) is 1.28. The van der Waals surface area contributed by atoms with Crippen molar-refractivity contribution in [1.29, 1.82) is 0 Å². The van der Waals surface area contributed by atoms with E-state index in [0.717, 1.165) is 0 Å². The van der Waals surface area contributed by atoms with Gasteiger partial charge >= 0.3 is 12.1 Å². The van der Waals surface area contributed by atoms with Gasteiger partial charge in [-0.2, -0.15) is 5.10 Å². The summed E-state index contributed by atoms with van der Waals surface area (Å²) in [6.07, 6.45) is 3.14. The molecule has 1 aromatic heterocycles. The number of hydrogen-bond donors (Lipinski definition) is 1. The van der Waals surface area contributed by atoms with Gasteiger partial charge in [0, 0.05) is 37.6 Å². The van der Waals surface area contributed by atoms with Gasteiger partial charge in [-0.25, -0.2) is 4.79 Å². The first-order chi connectivity index (χ1) is 11.2. The van der Waals surface area contributed by atoms with Crippen molar-refractivity contribution in [3.05, 3.63) is 18.5 Å². The fourth-order valence-corrected chi connectivity index (χ4v) is 2.85. The molecule has 1 aromatic rings. The molecule has 1 fully saturated rings. The maximum absolute atomic E-state index is 12.4. The smallest absolute Gasteiger partial charge is 0.410 e. The van der Waals surface area contributed by atoms with E-state index in [-0.39, 0.29) is 24.7 Å². The molecule has 2 rings (SSSR count). The SMILES string of the molecule is CC1CN(CC(=O)O)C(Cn2cccn2)CN1C(=O)OC(C)(C)C. The lowest BCUT2D eigenvalue weighted by atomic mass is 10.1. The number of ether oxygens (including phenoxy) is 1. The zero-order chi connectivity index (χ0) is 17.9. The molecule has 0 radical (unpaired) electrons. The molecule has 1 saturated heterocycles. The molecule has 2 atom stereocenters. The largest absolute Gasteiger partial charge is 0.480 e. The molecule has 24 heavy (non-hydrogen) atoms. The summed E-state index contributed by atoms with van der Waals surface area (Å²) in [5.74, 6) is -0.876. The number of carbonyl (C=O) groups excluding carboxylic acids is 1. The average Bonchev–Trinajstić information content (AvgIpc) is 2.91. The van der Waals surface area contributed by atoms with Crippen LogP contribution in [0.4, 0.5) is 4.79 Å². The highest BCUT2D eigenvalue weighted by Crippen LogP contribution is 2.20. The normalized spacial score (nSPS) is 22.4. The number of carboxylic acid groups (broad SMARTS) is 1. The molecule has 1 aliphatic rings. The standard InChI is InChI=1S/C16H26N4O4/c1-12-8-18(11-14(21)22)13(9-19-7-5-6-17-19)10-20(12)15(23)24-16(2,3)4/h5-7,12-13H,8-11H2,1-4H3,(H,21,22). The zero-order valence-corrected chi connectivity index (χ0v) is 14.7. The number of carboxylic acids is 1. The molecule has 0 spiro atoms. The molecule has 1 amide bonds. The molecule has 1 aliphatic heterocycles. The van der Waals surface area contributed by atoms with Gasteiger partial charge in [-0.3, -0.25) is 14.4 Å². The Balaban J connectivity index is 2.13. The minimum atomic E-state index is -0.876. The van der Waals surface area contributed by atoms with Crippen LogP contribution in [-0.2, 0) is 16.1 Å². The van der Waals surface area contributed by atoms with Gasteiger partial charge in [-0.15, -0.1) is 0 Å². The Kier molecular flexibility index (Phi) is 5.48. The summed E-state index contributed by atoms with van der Waals surface area (Å²) in [7, 11) is 0. The quantitative estimate of drug-likeness (QED) is 0.890. The predicted molar refractivity (Wildman–Crippen MR) is 87.6 cm³/mol. The molecule has 0 aromatic carbocycles. The fraction of sp³-hybridized carbons (Fsp3) is 0.688. The van der Waals surface area contributed by atoms with Crippen molar-refractivity contribution in [1.82, 2.24) is 19.6 Å². The third-order valence-corrected chi connectivity index (χ3v) is 3.88. The number of nitrogens with zero attached hydrogens (tertiary/aromatic N) is 4. The summed E-state index contributed by atoms with van der Waals surface area (Å²) >= 11 is 0. The van der Waals surface area contributed by atoms with E-state index in [0.29, 0.717) is 19.6 Å². The number of aromatic nitrogens is 2. The van der Waals surface area contributed by atoms with Gasteiger partial charge in [0.1, 0.15) is 5.60 Å². The van der Waals surface area contributed by atoms with Crippen molar-refractivity contribution < 1.29 is 19.4 Å². The minimum Gasteiger partial charge on any atom is -0.480 e. The van der Waals surface area contributed by atoms with Crippen LogP contribution in [-0.4, -0.2) is 74.1 Å². The first kappa shape index (κ1) is 18.3. The van der Waals surface area contributed by atoms with Crippen molar-refractivity contribution in [2.75, 3.05) is 19.6 Å². The van der Waals surface area contributed by atoms with Crippen LogP contribution in [0, 0.1) is 0 Å². The summed E-state index contributed by atoms with van der Waals surface area (Å²) in [5, 5.41) is 13.3. The molecule has 0 saturated carbocycles. The summed E-state index contributed by atoms with van der Waals surface area (Å²) < 4.78 is 7.23. The summed E-state index contributed by atoms with van der Waals surface area (Å²) in [5.41, 5.74) is -0.563. The Hall–Kier alpha value is -2.09.